The van der Waals surface area contributed by atoms with Crippen molar-refractivity contribution in [2.24, 2.45) is 0 Å². The molecule has 3 rings (SSSR count). The Morgan fingerprint density at radius 2 is 1.67 bits per heavy atom. The van der Waals surface area contributed by atoms with Gasteiger partial charge in [-0.15, -0.1) is 11.3 Å². The number of nitrogen functional groups attached to an aromatic ring is 1. The maximum Gasteiger partial charge on any atom is 0.195 e. The van der Waals surface area contributed by atoms with Crippen LogP contribution in [0.2, 0.25) is 0 Å². The number of hydrogen-bond acceptors (Lipinski definition) is 3. The highest BCUT2D eigenvalue weighted by molar-refractivity contribution is 9.10. The van der Waals surface area contributed by atoms with Gasteiger partial charge in [0.05, 0.1) is 10.6 Å². The van der Waals surface area contributed by atoms with Crippen LogP contribution < -0.4 is 5.73 Å². The van der Waals surface area contributed by atoms with Gasteiger partial charge in [0, 0.05) is 14.9 Å². The number of carbonyl (C=O) groups is 1. The molecule has 1 heterocycles. The van der Waals surface area contributed by atoms with E-state index in [0.717, 1.165) is 14.9 Å². The van der Waals surface area contributed by atoms with Gasteiger partial charge >= 0.3 is 0 Å². The van der Waals surface area contributed by atoms with E-state index in [1.807, 2.05) is 48.5 Å². The molecule has 0 unspecified atom stereocenters. The van der Waals surface area contributed by atoms with Crippen molar-refractivity contribution < 1.29 is 4.79 Å². The van der Waals surface area contributed by atoms with Crippen molar-refractivity contribution in [3.63, 3.8) is 0 Å². The van der Waals surface area contributed by atoms with E-state index in [9.17, 15) is 4.79 Å². The maximum absolute atomic E-state index is 12.5. The van der Waals surface area contributed by atoms with E-state index in [2.05, 4.69) is 15.9 Å². The summed E-state index contributed by atoms with van der Waals surface area (Å²) >= 11 is 4.81. The van der Waals surface area contributed by atoms with Crippen LogP contribution in [0.25, 0.3) is 10.4 Å². The Labute approximate surface area is 135 Å². The fourth-order valence-electron chi connectivity index (χ4n) is 2.08. The first kappa shape index (κ1) is 14.0. The minimum atomic E-state index is -0.0431. The number of benzene rings is 2. The Kier molecular flexibility index (Phi) is 3.90. The molecule has 0 saturated carbocycles. The first-order chi connectivity index (χ1) is 10.1. The van der Waals surface area contributed by atoms with Gasteiger partial charge in [-0.3, -0.25) is 4.79 Å². The van der Waals surface area contributed by atoms with Crippen molar-refractivity contribution in [1.29, 1.82) is 0 Å². The van der Waals surface area contributed by atoms with Gasteiger partial charge in [0.15, 0.2) is 5.78 Å². The van der Waals surface area contributed by atoms with Crippen molar-refractivity contribution >= 4 is 38.1 Å². The van der Waals surface area contributed by atoms with Gasteiger partial charge in [0.2, 0.25) is 0 Å². The quantitative estimate of drug-likeness (QED) is 0.670. The third kappa shape index (κ3) is 2.91. The predicted octanol–water partition coefficient (Wildman–Crippen LogP) is 4.99. The summed E-state index contributed by atoms with van der Waals surface area (Å²) in [5.74, 6) is -0.0431. The van der Waals surface area contributed by atoms with Crippen LogP contribution in [0.15, 0.2) is 65.1 Å². The van der Waals surface area contributed by atoms with Crippen molar-refractivity contribution in [3.05, 3.63) is 76.3 Å². The lowest BCUT2D eigenvalue weighted by atomic mass is 10.0. The molecule has 2 N–H and O–H groups in total. The largest absolute Gasteiger partial charge is 0.390 e. The van der Waals surface area contributed by atoms with Crippen molar-refractivity contribution in [3.8, 4) is 10.4 Å². The van der Waals surface area contributed by atoms with Crippen LogP contribution in [-0.2, 0) is 0 Å². The molecule has 0 aliphatic rings. The number of rotatable bonds is 3. The normalized spacial score (nSPS) is 10.5. The fraction of sp³-hybridized carbons (Fsp3) is 0. The molecule has 104 valence electrons. The number of thiophene rings is 1. The summed E-state index contributed by atoms with van der Waals surface area (Å²) in [6.45, 7) is 0. The lowest BCUT2D eigenvalue weighted by Crippen LogP contribution is -2.02. The van der Waals surface area contributed by atoms with Crippen molar-refractivity contribution in [2.45, 2.75) is 0 Å². The lowest BCUT2D eigenvalue weighted by Gasteiger charge is -2.00. The number of hydrogen-bond donors (Lipinski definition) is 1. The molecule has 4 heteroatoms. The fourth-order valence-corrected chi connectivity index (χ4v) is 3.28. The topological polar surface area (TPSA) is 43.1 Å². The maximum atomic E-state index is 12.5. The molecule has 0 fully saturated rings. The van der Waals surface area contributed by atoms with Gasteiger partial charge in [-0.2, -0.15) is 0 Å². The van der Waals surface area contributed by atoms with E-state index in [0.29, 0.717) is 16.1 Å². The van der Waals surface area contributed by atoms with Crippen LogP contribution in [0.5, 0.6) is 0 Å². The standard InChI is InChI=1S/C17H12BrNOS/c18-13-8-6-12(7-9-13)16(20)14-10-15(21-17(14)19)11-4-2-1-3-5-11/h1-10H,19H2. The van der Waals surface area contributed by atoms with E-state index < -0.39 is 0 Å². The average molecular weight is 358 g/mol. The van der Waals surface area contributed by atoms with Crippen molar-refractivity contribution in [1.82, 2.24) is 0 Å². The molecule has 0 saturated heterocycles. The summed E-state index contributed by atoms with van der Waals surface area (Å²) in [4.78, 5) is 13.5. The monoisotopic (exact) mass is 357 g/mol. The van der Waals surface area contributed by atoms with Gasteiger partial charge in [0.25, 0.3) is 0 Å². The van der Waals surface area contributed by atoms with Crippen LogP contribution >= 0.6 is 27.3 Å². The lowest BCUT2D eigenvalue weighted by molar-refractivity contribution is 0.104. The van der Waals surface area contributed by atoms with Crippen LogP contribution in [0.1, 0.15) is 15.9 Å². The predicted molar refractivity (Wildman–Crippen MR) is 91.7 cm³/mol. The Morgan fingerprint density at radius 3 is 2.33 bits per heavy atom. The van der Waals surface area contributed by atoms with Crippen LogP contribution in [0, 0.1) is 0 Å². The minimum Gasteiger partial charge on any atom is -0.390 e. The number of ketones is 1. The zero-order valence-electron chi connectivity index (χ0n) is 11.0. The first-order valence-corrected chi connectivity index (χ1v) is 8.01. The van der Waals surface area contributed by atoms with Gasteiger partial charge in [-0.25, -0.2) is 0 Å². The second-order valence-electron chi connectivity index (χ2n) is 4.59. The molecule has 0 bridgehead atoms. The Balaban J connectivity index is 1.98. The number of anilines is 1. The van der Waals surface area contributed by atoms with Crippen LogP contribution in [-0.4, -0.2) is 5.78 Å². The molecule has 3 aromatic rings. The number of halogens is 1. The zero-order chi connectivity index (χ0) is 14.8. The smallest absolute Gasteiger partial charge is 0.195 e. The molecule has 2 aromatic carbocycles. The molecule has 0 aliphatic carbocycles. The molecule has 1 aromatic heterocycles. The van der Waals surface area contributed by atoms with Crippen molar-refractivity contribution in [2.75, 3.05) is 5.73 Å². The molecule has 21 heavy (non-hydrogen) atoms. The second kappa shape index (κ2) is 5.84. The highest BCUT2D eigenvalue weighted by Crippen LogP contribution is 2.34. The molecule has 2 nitrogen and oxygen atoms in total. The molecule has 0 spiro atoms. The SMILES string of the molecule is Nc1sc(-c2ccccc2)cc1C(=O)c1ccc(Br)cc1. The number of nitrogens with two attached hydrogens (primary N) is 1. The van der Waals surface area contributed by atoms with E-state index in [-0.39, 0.29) is 5.78 Å². The van der Waals surface area contributed by atoms with Gasteiger partial charge in [0.1, 0.15) is 0 Å². The molecular formula is C17H12BrNOS. The van der Waals surface area contributed by atoms with Gasteiger partial charge in [-0.05, 0) is 35.9 Å². The third-order valence-electron chi connectivity index (χ3n) is 3.17. The van der Waals surface area contributed by atoms with E-state index in [1.54, 1.807) is 12.1 Å². The Hall–Kier alpha value is -1.91. The second-order valence-corrected chi connectivity index (χ2v) is 6.59. The Morgan fingerprint density at radius 1 is 1.00 bits per heavy atom. The minimum absolute atomic E-state index is 0.0431. The first-order valence-electron chi connectivity index (χ1n) is 6.40. The Bertz CT molecular complexity index is 778. The summed E-state index contributed by atoms with van der Waals surface area (Å²) in [5, 5.41) is 0.557. The van der Waals surface area contributed by atoms with Crippen LogP contribution in [0.3, 0.4) is 0 Å². The summed E-state index contributed by atoms with van der Waals surface area (Å²) in [6, 6.07) is 19.1. The highest BCUT2D eigenvalue weighted by atomic mass is 79.9. The third-order valence-corrected chi connectivity index (χ3v) is 4.71. The summed E-state index contributed by atoms with van der Waals surface area (Å²) in [6.07, 6.45) is 0. The zero-order valence-corrected chi connectivity index (χ0v) is 13.4. The van der Waals surface area contributed by atoms with E-state index in [1.165, 1.54) is 11.3 Å². The summed E-state index contributed by atoms with van der Waals surface area (Å²) < 4.78 is 0.947. The average Bonchev–Trinajstić information content (AvgIpc) is 2.90. The van der Waals surface area contributed by atoms with E-state index >= 15 is 0 Å². The van der Waals surface area contributed by atoms with Gasteiger partial charge < -0.3 is 5.73 Å². The summed E-state index contributed by atoms with van der Waals surface area (Å²) in [7, 11) is 0. The van der Waals surface area contributed by atoms with E-state index in [4.69, 9.17) is 5.73 Å². The number of carbonyl (C=O) groups excluding carboxylic acids is 1. The van der Waals surface area contributed by atoms with Gasteiger partial charge in [-0.1, -0.05) is 46.3 Å². The molecule has 0 amide bonds. The molecule has 0 radical (unpaired) electrons. The molecular weight excluding hydrogens is 346 g/mol. The molecule has 0 atom stereocenters. The van der Waals surface area contributed by atoms with Crippen LogP contribution in [0.4, 0.5) is 5.00 Å². The summed E-state index contributed by atoms with van der Waals surface area (Å²) in [5.41, 5.74) is 8.32. The molecule has 0 aliphatic heterocycles. The highest BCUT2D eigenvalue weighted by Gasteiger charge is 2.16.